The van der Waals surface area contributed by atoms with Gasteiger partial charge in [0.25, 0.3) is 5.91 Å². The molecule has 6 nitrogen and oxygen atoms in total. The largest absolute Gasteiger partial charge is 0.481 e. The summed E-state index contributed by atoms with van der Waals surface area (Å²) in [6.07, 6.45) is 0.717. The predicted molar refractivity (Wildman–Crippen MR) is 105 cm³/mol. The van der Waals surface area contributed by atoms with Crippen molar-refractivity contribution in [2.45, 2.75) is 18.9 Å². The van der Waals surface area contributed by atoms with Crippen LogP contribution < -0.4 is 10.6 Å². The molecule has 2 aromatic rings. The Morgan fingerprint density at radius 1 is 1.38 bits per heavy atom. The Kier molecular flexibility index (Phi) is 6.80. The van der Waals surface area contributed by atoms with Gasteiger partial charge in [-0.15, -0.1) is 12.4 Å². The van der Waals surface area contributed by atoms with E-state index < -0.39 is 5.97 Å². The van der Waals surface area contributed by atoms with Crippen LogP contribution in [0.5, 0.6) is 0 Å². The first-order chi connectivity index (χ1) is 11.9. The monoisotopic (exact) mass is 419 g/mol. The molecule has 2 heterocycles. The smallest absolute Gasteiger partial charge is 0.303 e. The Morgan fingerprint density at radius 2 is 2.12 bits per heavy atom. The van der Waals surface area contributed by atoms with E-state index in [-0.39, 0.29) is 36.7 Å². The number of carbonyl (C=O) groups is 2. The van der Waals surface area contributed by atoms with Gasteiger partial charge >= 0.3 is 5.97 Å². The molecule has 1 amide bonds. The van der Waals surface area contributed by atoms with Crippen molar-refractivity contribution in [3.63, 3.8) is 0 Å². The molecule has 1 aliphatic rings. The zero-order valence-electron chi connectivity index (χ0n) is 14.1. The van der Waals surface area contributed by atoms with Gasteiger partial charge in [0, 0.05) is 36.5 Å². The molecule has 9 heteroatoms. The van der Waals surface area contributed by atoms with Crippen LogP contribution in [0.15, 0.2) is 18.2 Å². The van der Waals surface area contributed by atoms with Crippen LogP contribution in [0.1, 0.15) is 23.3 Å². The number of rotatable bonds is 4. The second-order valence-corrected chi connectivity index (χ2v) is 7.10. The molecule has 26 heavy (non-hydrogen) atoms. The molecule has 3 N–H and O–H groups in total. The van der Waals surface area contributed by atoms with Gasteiger partial charge in [0.1, 0.15) is 5.69 Å². The molecule has 1 aromatic heterocycles. The fourth-order valence-electron chi connectivity index (χ4n) is 3.36. The number of nitrogens with one attached hydrogen (secondary N) is 2. The van der Waals surface area contributed by atoms with Crippen molar-refractivity contribution in [1.82, 2.24) is 15.2 Å². The highest BCUT2D eigenvalue weighted by Gasteiger charge is 2.29. The molecule has 0 bridgehead atoms. The van der Waals surface area contributed by atoms with E-state index in [9.17, 15) is 9.59 Å². The lowest BCUT2D eigenvalue weighted by Gasteiger charge is -2.31. The molecule has 1 aliphatic heterocycles. The van der Waals surface area contributed by atoms with Gasteiger partial charge in [-0.3, -0.25) is 9.59 Å². The molecule has 142 valence electrons. The van der Waals surface area contributed by atoms with Gasteiger partial charge in [0.15, 0.2) is 0 Å². The fourth-order valence-corrected chi connectivity index (χ4v) is 3.74. The first-order valence-electron chi connectivity index (χ1n) is 8.05. The summed E-state index contributed by atoms with van der Waals surface area (Å²) in [6.45, 7) is 1.32. The van der Waals surface area contributed by atoms with Crippen LogP contribution in [-0.2, 0) is 11.8 Å². The zero-order valence-corrected chi connectivity index (χ0v) is 16.4. The summed E-state index contributed by atoms with van der Waals surface area (Å²) in [6, 6.07) is 5.05. The molecule has 1 fully saturated rings. The summed E-state index contributed by atoms with van der Waals surface area (Å²) in [5.41, 5.74) is 1.28. The number of aryl methyl sites for hydroxylation is 1. The highest BCUT2D eigenvalue weighted by atomic mass is 35.5. The summed E-state index contributed by atoms with van der Waals surface area (Å²) in [4.78, 5) is 23.8. The third kappa shape index (κ3) is 4.09. The van der Waals surface area contributed by atoms with Crippen molar-refractivity contribution in [3.05, 3.63) is 33.9 Å². The van der Waals surface area contributed by atoms with Crippen molar-refractivity contribution < 1.29 is 14.7 Å². The number of benzene rings is 1. The average Bonchev–Trinajstić information content (AvgIpc) is 2.90. The molecular formula is C17H20Cl3N3O3. The fraction of sp³-hybridized carbons (Fsp3) is 0.412. The van der Waals surface area contributed by atoms with Crippen molar-refractivity contribution >= 4 is 58.4 Å². The first kappa shape index (κ1) is 20.8. The van der Waals surface area contributed by atoms with Crippen molar-refractivity contribution in [2.24, 2.45) is 13.0 Å². The third-order valence-corrected chi connectivity index (χ3v) is 5.53. The average molecular weight is 421 g/mol. The number of hydrogen-bond acceptors (Lipinski definition) is 3. The van der Waals surface area contributed by atoms with Crippen LogP contribution in [0.25, 0.3) is 10.9 Å². The lowest BCUT2D eigenvalue weighted by atomic mass is 9.90. The SMILES string of the molecule is Cl.Cn1c(C(=O)NC2CCNCC2CC(=O)O)cc2c(Cl)c(Cl)ccc21. The van der Waals surface area contributed by atoms with E-state index in [1.54, 1.807) is 23.7 Å². The number of hydrogen-bond donors (Lipinski definition) is 3. The summed E-state index contributed by atoms with van der Waals surface area (Å²) >= 11 is 12.3. The molecule has 2 atom stereocenters. The van der Waals surface area contributed by atoms with Gasteiger partial charge < -0.3 is 20.3 Å². The molecule has 0 aliphatic carbocycles. The van der Waals surface area contributed by atoms with Gasteiger partial charge in [-0.05, 0) is 31.2 Å². The molecule has 3 rings (SSSR count). The summed E-state index contributed by atoms with van der Waals surface area (Å²) in [5, 5.41) is 16.8. The van der Waals surface area contributed by atoms with Gasteiger partial charge in [0.05, 0.1) is 16.5 Å². The molecular weight excluding hydrogens is 401 g/mol. The number of carboxylic acids is 1. The minimum absolute atomic E-state index is 0. The Bertz CT molecular complexity index is 838. The normalized spacial score (nSPS) is 19.8. The van der Waals surface area contributed by atoms with Gasteiger partial charge in [-0.1, -0.05) is 23.2 Å². The maximum Gasteiger partial charge on any atom is 0.303 e. The van der Waals surface area contributed by atoms with Crippen LogP contribution >= 0.6 is 35.6 Å². The second-order valence-electron chi connectivity index (χ2n) is 6.31. The number of nitrogens with zero attached hydrogens (tertiary/aromatic N) is 1. The van der Waals surface area contributed by atoms with E-state index in [0.717, 1.165) is 12.1 Å². The van der Waals surface area contributed by atoms with Gasteiger partial charge in [0.2, 0.25) is 0 Å². The quantitative estimate of drug-likeness (QED) is 0.710. The second kappa shape index (κ2) is 8.48. The van der Waals surface area contributed by atoms with E-state index in [1.165, 1.54) is 0 Å². The topological polar surface area (TPSA) is 83.4 Å². The van der Waals surface area contributed by atoms with E-state index >= 15 is 0 Å². The number of aromatic nitrogens is 1. The Hall–Kier alpha value is -1.47. The van der Waals surface area contributed by atoms with Gasteiger partial charge in [-0.25, -0.2) is 0 Å². The highest BCUT2D eigenvalue weighted by Crippen LogP contribution is 2.32. The van der Waals surface area contributed by atoms with E-state index in [2.05, 4.69) is 10.6 Å². The van der Waals surface area contributed by atoms with Crippen molar-refractivity contribution in [2.75, 3.05) is 13.1 Å². The van der Waals surface area contributed by atoms with Crippen LogP contribution in [-0.4, -0.2) is 40.7 Å². The maximum absolute atomic E-state index is 12.8. The summed E-state index contributed by atoms with van der Waals surface area (Å²) in [5.74, 6) is -1.24. The molecule has 1 saturated heterocycles. The minimum atomic E-state index is -0.862. The van der Waals surface area contributed by atoms with Crippen molar-refractivity contribution in [3.8, 4) is 0 Å². The maximum atomic E-state index is 12.8. The van der Waals surface area contributed by atoms with E-state index in [0.29, 0.717) is 34.1 Å². The number of amides is 1. The Morgan fingerprint density at radius 3 is 2.81 bits per heavy atom. The zero-order chi connectivity index (χ0) is 18.1. The van der Waals surface area contributed by atoms with Crippen LogP contribution in [0, 0.1) is 5.92 Å². The summed E-state index contributed by atoms with van der Waals surface area (Å²) < 4.78 is 1.76. The molecule has 0 radical (unpaired) electrons. The first-order valence-corrected chi connectivity index (χ1v) is 8.81. The predicted octanol–water partition coefficient (Wildman–Crippen LogP) is 3.09. The number of aliphatic carboxylic acids is 1. The van der Waals surface area contributed by atoms with E-state index in [1.807, 2.05) is 6.07 Å². The van der Waals surface area contributed by atoms with Gasteiger partial charge in [-0.2, -0.15) is 0 Å². The Balaban J connectivity index is 0.00000243. The molecule has 0 saturated carbocycles. The molecule has 1 aromatic carbocycles. The number of carboxylic acid groups (broad SMARTS) is 1. The number of halogens is 3. The molecule has 0 spiro atoms. The lowest BCUT2D eigenvalue weighted by molar-refractivity contribution is -0.138. The van der Waals surface area contributed by atoms with Crippen molar-refractivity contribution in [1.29, 1.82) is 0 Å². The lowest BCUT2D eigenvalue weighted by Crippen LogP contribution is -2.50. The number of fused-ring (bicyclic) bond motifs is 1. The Labute approximate surface area is 167 Å². The number of piperidine rings is 1. The van der Waals surface area contributed by atoms with Crippen LogP contribution in [0.4, 0.5) is 0 Å². The van der Waals surface area contributed by atoms with Crippen LogP contribution in [0.3, 0.4) is 0 Å². The minimum Gasteiger partial charge on any atom is -0.481 e. The standard InChI is InChI=1S/C17H19Cl2N3O3.ClH/c1-22-13-3-2-11(18)16(19)10(13)7-14(22)17(25)21-12-4-5-20-8-9(12)6-15(23)24;/h2-3,7,9,12,20H,4-6,8H2,1H3,(H,21,25)(H,23,24);1H. The molecule has 2 unspecified atom stereocenters. The highest BCUT2D eigenvalue weighted by molar-refractivity contribution is 6.45. The summed E-state index contributed by atoms with van der Waals surface area (Å²) in [7, 11) is 1.79. The van der Waals surface area contributed by atoms with E-state index in [4.69, 9.17) is 28.3 Å². The third-order valence-electron chi connectivity index (χ3n) is 4.71. The van der Waals surface area contributed by atoms with Crippen LogP contribution in [0.2, 0.25) is 10.0 Å². The number of carbonyl (C=O) groups excluding carboxylic acids is 1.